The lowest BCUT2D eigenvalue weighted by molar-refractivity contribution is -0.137. The van der Waals surface area contributed by atoms with Gasteiger partial charge in [-0.25, -0.2) is 4.79 Å². The van der Waals surface area contributed by atoms with Crippen LogP contribution in [0.1, 0.15) is 6.92 Å². The van der Waals surface area contributed by atoms with Gasteiger partial charge in [0.05, 0.1) is 18.0 Å². The lowest BCUT2D eigenvalue weighted by atomic mass is 10.2. The number of alkyl halides is 1. The summed E-state index contributed by atoms with van der Waals surface area (Å²) in [6.07, 6.45) is 3.20. The van der Waals surface area contributed by atoms with Gasteiger partial charge in [-0.1, -0.05) is 22.0 Å². The third kappa shape index (κ3) is 3.38. The molecule has 0 aliphatic carbocycles. The summed E-state index contributed by atoms with van der Waals surface area (Å²) < 4.78 is 10.6. The number of ether oxygens (including phenoxy) is 2. The second-order valence-electron chi connectivity index (χ2n) is 3.79. The molecule has 0 fully saturated rings. The van der Waals surface area contributed by atoms with Crippen molar-refractivity contribution in [1.29, 1.82) is 0 Å². The fraction of sp³-hybridized carbons (Fsp3) is 0.214. The Morgan fingerprint density at radius 2 is 2.26 bits per heavy atom. The van der Waals surface area contributed by atoms with Crippen LogP contribution in [0.3, 0.4) is 0 Å². The first kappa shape index (κ1) is 13.7. The Hall–Kier alpha value is -1.75. The van der Waals surface area contributed by atoms with Crippen LogP contribution in [0.25, 0.3) is 10.9 Å². The molecule has 1 heterocycles. The molecule has 1 N–H and O–H groups in total. The minimum absolute atomic E-state index is 0.346. The van der Waals surface area contributed by atoms with Crippen molar-refractivity contribution in [3.63, 3.8) is 0 Å². The summed E-state index contributed by atoms with van der Waals surface area (Å²) in [5, 5.41) is 1.41. The van der Waals surface area contributed by atoms with E-state index in [2.05, 4.69) is 20.9 Å². The number of benzene rings is 1. The van der Waals surface area contributed by atoms with E-state index in [4.69, 9.17) is 9.47 Å². The van der Waals surface area contributed by atoms with Crippen LogP contribution in [0.15, 0.2) is 42.3 Å². The number of halogens is 1. The summed E-state index contributed by atoms with van der Waals surface area (Å²) in [7, 11) is 0. The first-order valence-corrected chi connectivity index (χ1v) is 7.04. The standard InChI is InChI=1S/C14H14BrNO3/c1-2-18-14(17)8-10(9-15)19-13-5-3-4-12-11(13)6-7-16-12/h3-8,16H,2,9H2,1H3/b10-8+. The van der Waals surface area contributed by atoms with Crippen LogP contribution < -0.4 is 4.74 Å². The molecule has 0 unspecified atom stereocenters. The maximum Gasteiger partial charge on any atom is 0.334 e. The summed E-state index contributed by atoms with van der Waals surface area (Å²) in [6.45, 7) is 2.11. The molecule has 2 aromatic rings. The average Bonchev–Trinajstić information content (AvgIpc) is 2.87. The maximum absolute atomic E-state index is 11.4. The Bertz CT molecular complexity index is 604. The SMILES string of the molecule is CCOC(=O)/C=C(\CBr)Oc1cccc2[nH]ccc12. The topological polar surface area (TPSA) is 51.3 Å². The molecule has 0 aliphatic heterocycles. The molecule has 0 radical (unpaired) electrons. The van der Waals surface area contributed by atoms with Crippen molar-refractivity contribution < 1.29 is 14.3 Å². The molecule has 0 saturated heterocycles. The van der Waals surface area contributed by atoms with Gasteiger partial charge in [0.1, 0.15) is 11.5 Å². The van der Waals surface area contributed by atoms with Crippen LogP contribution in [-0.4, -0.2) is 22.9 Å². The van der Waals surface area contributed by atoms with E-state index in [1.165, 1.54) is 6.08 Å². The Balaban J connectivity index is 2.23. The van der Waals surface area contributed by atoms with Gasteiger partial charge in [-0.3, -0.25) is 0 Å². The van der Waals surface area contributed by atoms with Crippen LogP contribution in [0.4, 0.5) is 0 Å². The minimum atomic E-state index is -0.404. The second-order valence-corrected chi connectivity index (χ2v) is 4.35. The van der Waals surface area contributed by atoms with Crippen molar-refractivity contribution in [3.05, 3.63) is 42.3 Å². The van der Waals surface area contributed by atoms with Gasteiger partial charge in [0, 0.05) is 17.1 Å². The van der Waals surface area contributed by atoms with Gasteiger partial charge in [-0.15, -0.1) is 0 Å². The van der Waals surface area contributed by atoms with Crippen molar-refractivity contribution >= 4 is 32.8 Å². The predicted octanol–water partition coefficient (Wildman–Crippen LogP) is 3.39. The van der Waals surface area contributed by atoms with Crippen LogP contribution >= 0.6 is 15.9 Å². The molecule has 100 valence electrons. The lowest BCUT2D eigenvalue weighted by Gasteiger charge is -2.08. The fourth-order valence-electron chi connectivity index (χ4n) is 1.70. The van der Waals surface area contributed by atoms with E-state index in [0.29, 0.717) is 23.4 Å². The van der Waals surface area contributed by atoms with Crippen molar-refractivity contribution in [3.8, 4) is 5.75 Å². The van der Waals surface area contributed by atoms with Gasteiger partial charge >= 0.3 is 5.97 Å². The third-order valence-electron chi connectivity index (χ3n) is 2.49. The largest absolute Gasteiger partial charge is 0.463 e. The van der Waals surface area contributed by atoms with E-state index in [-0.39, 0.29) is 0 Å². The number of rotatable bonds is 5. The number of hydrogen-bond donors (Lipinski definition) is 1. The highest BCUT2D eigenvalue weighted by Gasteiger charge is 2.07. The molecule has 0 atom stereocenters. The van der Waals surface area contributed by atoms with Crippen LogP contribution in [-0.2, 0) is 9.53 Å². The Labute approximate surface area is 119 Å². The summed E-state index contributed by atoms with van der Waals surface area (Å²) >= 11 is 3.30. The zero-order chi connectivity index (χ0) is 13.7. The molecule has 0 aliphatic rings. The Morgan fingerprint density at radius 1 is 1.42 bits per heavy atom. The lowest BCUT2D eigenvalue weighted by Crippen LogP contribution is -2.05. The van der Waals surface area contributed by atoms with Crippen molar-refractivity contribution in [2.75, 3.05) is 11.9 Å². The number of allylic oxidation sites excluding steroid dienone is 1. The monoisotopic (exact) mass is 323 g/mol. The van der Waals surface area contributed by atoms with Crippen molar-refractivity contribution in [2.24, 2.45) is 0 Å². The number of fused-ring (bicyclic) bond motifs is 1. The van der Waals surface area contributed by atoms with E-state index in [1.54, 1.807) is 6.92 Å². The van der Waals surface area contributed by atoms with Gasteiger partial charge in [0.15, 0.2) is 0 Å². The Kier molecular flexibility index (Phi) is 4.63. The Morgan fingerprint density at radius 3 is 3.00 bits per heavy atom. The van der Waals surface area contributed by atoms with Gasteiger partial charge < -0.3 is 14.5 Å². The van der Waals surface area contributed by atoms with E-state index < -0.39 is 5.97 Å². The zero-order valence-corrected chi connectivity index (χ0v) is 12.1. The smallest absolute Gasteiger partial charge is 0.334 e. The number of H-pyrrole nitrogens is 1. The minimum Gasteiger partial charge on any atom is -0.463 e. The molecule has 1 aromatic heterocycles. The van der Waals surface area contributed by atoms with Crippen LogP contribution in [0.2, 0.25) is 0 Å². The molecule has 19 heavy (non-hydrogen) atoms. The third-order valence-corrected chi connectivity index (χ3v) is 3.05. The summed E-state index contributed by atoms with van der Waals surface area (Å²) in [4.78, 5) is 14.5. The average molecular weight is 324 g/mol. The fourth-order valence-corrected chi connectivity index (χ4v) is 1.97. The number of carbonyl (C=O) groups is 1. The highest BCUT2D eigenvalue weighted by Crippen LogP contribution is 2.26. The zero-order valence-electron chi connectivity index (χ0n) is 10.5. The number of aromatic amines is 1. The molecule has 4 nitrogen and oxygen atoms in total. The number of carbonyl (C=O) groups excluding carboxylic acids is 1. The normalized spacial score (nSPS) is 11.6. The van der Waals surface area contributed by atoms with Gasteiger partial charge in [0.2, 0.25) is 0 Å². The molecule has 0 saturated carbocycles. The highest BCUT2D eigenvalue weighted by atomic mass is 79.9. The molecule has 2 rings (SSSR count). The number of aromatic nitrogens is 1. The van der Waals surface area contributed by atoms with Gasteiger partial charge in [-0.05, 0) is 25.1 Å². The number of hydrogen-bond acceptors (Lipinski definition) is 3. The molecule has 1 aromatic carbocycles. The van der Waals surface area contributed by atoms with E-state index in [9.17, 15) is 4.79 Å². The van der Waals surface area contributed by atoms with Gasteiger partial charge in [0.25, 0.3) is 0 Å². The molecule has 0 spiro atoms. The van der Waals surface area contributed by atoms with E-state index in [1.807, 2.05) is 30.5 Å². The van der Waals surface area contributed by atoms with E-state index in [0.717, 1.165) is 10.9 Å². The summed E-state index contributed by atoms with van der Waals surface area (Å²) in [5.41, 5.74) is 0.988. The number of esters is 1. The predicted molar refractivity (Wildman–Crippen MR) is 77.4 cm³/mol. The highest BCUT2D eigenvalue weighted by molar-refractivity contribution is 9.09. The quantitative estimate of drug-likeness (QED) is 0.397. The van der Waals surface area contributed by atoms with Crippen molar-refractivity contribution in [1.82, 2.24) is 4.98 Å². The van der Waals surface area contributed by atoms with Gasteiger partial charge in [-0.2, -0.15) is 0 Å². The van der Waals surface area contributed by atoms with Crippen molar-refractivity contribution in [2.45, 2.75) is 6.92 Å². The molecule has 5 heteroatoms. The second kappa shape index (κ2) is 6.43. The van der Waals surface area contributed by atoms with E-state index >= 15 is 0 Å². The molecular formula is C14H14BrNO3. The molecular weight excluding hydrogens is 310 g/mol. The van der Waals surface area contributed by atoms with Crippen LogP contribution in [0, 0.1) is 0 Å². The summed E-state index contributed by atoms with van der Waals surface area (Å²) in [5.74, 6) is 0.805. The molecule has 0 amide bonds. The molecule has 0 bridgehead atoms. The van der Waals surface area contributed by atoms with Crippen LogP contribution in [0.5, 0.6) is 5.75 Å². The maximum atomic E-state index is 11.4. The first-order valence-electron chi connectivity index (χ1n) is 5.92. The summed E-state index contributed by atoms with van der Waals surface area (Å²) in [6, 6.07) is 7.65. The number of nitrogens with one attached hydrogen (secondary N) is 1. The first-order chi connectivity index (χ1) is 9.24.